The molecule has 10 heavy (non-hydrogen) atoms. The second kappa shape index (κ2) is 4.69. The van der Waals surface area contributed by atoms with Crippen LogP contribution in [0.5, 0.6) is 0 Å². The van der Waals surface area contributed by atoms with Gasteiger partial charge < -0.3 is 0 Å². The van der Waals surface area contributed by atoms with Crippen molar-refractivity contribution in [1.82, 2.24) is 0 Å². The quantitative estimate of drug-likeness (QED) is 0.488. The van der Waals surface area contributed by atoms with Gasteiger partial charge in [0.05, 0.1) is 6.10 Å². The highest BCUT2D eigenvalue weighted by molar-refractivity contribution is 4.66. The molecule has 0 spiro atoms. The second-order valence-electron chi connectivity index (χ2n) is 3.20. The van der Waals surface area contributed by atoms with Crippen LogP contribution in [0.1, 0.15) is 34.1 Å². The third kappa shape index (κ3) is 2.67. The van der Waals surface area contributed by atoms with E-state index in [1.165, 1.54) is 0 Å². The van der Waals surface area contributed by atoms with Gasteiger partial charge in [-0.2, -0.15) is 0 Å². The average molecular weight is 146 g/mol. The Hall–Kier alpha value is -0.0800. The van der Waals surface area contributed by atoms with Crippen LogP contribution < -0.4 is 0 Å². The first-order valence-corrected chi connectivity index (χ1v) is 3.93. The van der Waals surface area contributed by atoms with Crippen LogP contribution in [0.3, 0.4) is 0 Å². The second-order valence-corrected chi connectivity index (χ2v) is 3.20. The van der Waals surface area contributed by atoms with Crippen LogP contribution in [0.15, 0.2) is 0 Å². The summed E-state index contributed by atoms with van der Waals surface area (Å²) in [5, 5.41) is 8.50. The standard InChI is InChI=1S/C8H18O2/c1-5-7(4)8(10-9)6(2)3/h6-9H,5H2,1-4H3. The Morgan fingerprint density at radius 2 is 1.80 bits per heavy atom. The minimum Gasteiger partial charge on any atom is -0.252 e. The van der Waals surface area contributed by atoms with Crippen LogP contribution >= 0.6 is 0 Å². The topological polar surface area (TPSA) is 29.5 Å². The Morgan fingerprint density at radius 1 is 1.30 bits per heavy atom. The third-order valence-electron chi connectivity index (χ3n) is 1.98. The summed E-state index contributed by atoms with van der Waals surface area (Å²) in [6.45, 7) is 8.28. The lowest BCUT2D eigenvalue weighted by atomic mass is 9.93. The molecule has 0 bridgehead atoms. The monoisotopic (exact) mass is 146 g/mol. The van der Waals surface area contributed by atoms with Crippen molar-refractivity contribution in [3.63, 3.8) is 0 Å². The molecule has 1 N–H and O–H groups in total. The molecule has 62 valence electrons. The maximum Gasteiger partial charge on any atom is 0.0975 e. The molecular formula is C8H18O2. The zero-order chi connectivity index (χ0) is 8.15. The molecule has 2 nitrogen and oxygen atoms in total. The van der Waals surface area contributed by atoms with Crippen LogP contribution in [0.2, 0.25) is 0 Å². The highest BCUT2D eigenvalue weighted by Gasteiger charge is 2.19. The Balaban J connectivity index is 3.80. The number of hydrogen-bond acceptors (Lipinski definition) is 2. The van der Waals surface area contributed by atoms with Gasteiger partial charge in [-0.25, -0.2) is 4.89 Å². The van der Waals surface area contributed by atoms with E-state index in [0.717, 1.165) is 6.42 Å². The Bertz CT molecular complexity index is 81.3. The van der Waals surface area contributed by atoms with Gasteiger partial charge in [0.1, 0.15) is 0 Å². The molecule has 0 aromatic carbocycles. The van der Waals surface area contributed by atoms with Gasteiger partial charge in [0, 0.05) is 0 Å². The summed E-state index contributed by atoms with van der Waals surface area (Å²) in [6, 6.07) is 0. The lowest BCUT2D eigenvalue weighted by molar-refractivity contribution is -0.299. The van der Waals surface area contributed by atoms with Crippen molar-refractivity contribution >= 4 is 0 Å². The van der Waals surface area contributed by atoms with Gasteiger partial charge in [-0.15, -0.1) is 0 Å². The smallest absolute Gasteiger partial charge is 0.0975 e. The van der Waals surface area contributed by atoms with E-state index < -0.39 is 0 Å². The molecule has 0 fully saturated rings. The molecule has 0 aromatic rings. The lowest BCUT2D eigenvalue weighted by Crippen LogP contribution is -2.25. The molecule has 2 atom stereocenters. The first-order valence-electron chi connectivity index (χ1n) is 3.93. The van der Waals surface area contributed by atoms with Crippen molar-refractivity contribution in [3.8, 4) is 0 Å². The van der Waals surface area contributed by atoms with Gasteiger partial charge in [-0.05, 0) is 11.8 Å². The van der Waals surface area contributed by atoms with E-state index in [2.05, 4.69) is 18.7 Å². The van der Waals surface area contributed by atoms with Gasteiger partial charge in [0.2, 0.25) is 0 Å². The van der Waals surface area contributed by atoms with E-state index in [1.807, 2.05) is 13.8 Å². The Kier molecular flexibility index (Phi) is 4.65. The maximum absolute atomic E-state index is 8.50. The van der Waals surface area contributed by atoms with Crippen LogP contribution in [-0.4, -0.2) is 11.4 Å². The summed E-state index contributed by atoms with van der Waals surface area (Å²) in [5.74, 6) is 0.824. The van der Waals surface area contributed by atoms with Crippen LogP contribution in [0.25, 0.3) is 0 Å². The normalized spacial score (nSPS) is 17.4. The van der Waals surface area contributed by atoms with Gasteiger partial charge in [0.25, 0.3) is 0 Å². The van der Waals surface area contributed by atoms with E-state index in [-0.39, 0.29) is 6.10 Å². The molecule has 0 aliphatic rings. The zero-order valence-corrected chi connectivity index (χ0v) is 7.29. The fourth-order valence-electron chi connectivity index (χ4n) is 1.11. The summed E-state index contributed by atoms with van der Waals surface area (Å²) in [7, 11) is 0. The minimum atomic E-state index is -0.00926. The average Bonchev–Trinajstić information content (AvgIpc) is 1.88. The Morgan fingerprint density at radius 3 is 1.90 bits per heavy atom. The maximum atomic E-state index is 8.50. The first-order chi connectivity index (χ1) is 4.63. The SMILES string of the molecule is CCC(C)C(OO)C(C)C. The summed E-state index contributed by atoms with van der Waals surface area (Å²) in [6.07, 6.45) is 1.04. The van der Waals surface area contributed by atoms with E-state index in [0.29, 0.717) is 11.8 Å². The van der Waals surface area contributed by atoms with Crippen LogP contribution in [-0.2, 0) is 4.89 Å². The van der Waals surface area contributed by atoms with Gasteiger partial charge in [-0.1, -0.05) is 34.1 Å². The fraction of sp³-hybridized carbons (Fsp3) is 1.00. The molecule has 2 heteroatoms. The van der Waals surface area contributed by atoms with Crippen molar-refractivity contribution in [2.24, 2.45) is 11.8 Å². The van der Waals surface area contributed by atoms with Crippen LogP contribution in [0.4, 0.5) is 0 Å². The van der Waals surface area contributed by atoms with E-state index in [9.17, 15) is 0 Å². The molecular weight excluding hydrogens is 128 g/mol. The molecule has 0 amide bonds. The fourth-order valence-corrected chi connectivity index (χ4v) is 1.11. The van der Waals surface area contributed by atoms with Crippen LogP contribution in [0, 0.1) is 11.8 Å². The van der Waals surface area contributed by atoms with E-state index in [4.69, 9.17) is 5.26 Å². The molecule has 0 rings (SSSR count). The van der Waals surface area contributed by atoms with Crippen molar-refractivity contribution in [3.05, 3.63) is 0 Å². The molecule has 0 heterocycles. The van der Waals surface area contributed by atoms with Crippen molar-refractivity contribution < 1.29 is 10.1 Å². The molecule has 0 radical (unpaired) electrons. The van der Waals surface area contributed by atoms with Gasteiger partial charge in [-0.3, -0.25) is 5.26 Å². The summed E-state index contributed by atoms with van der Waals surface area (Å²) < 4.78 is 0. The summed E-state index contributed by atoms with van der Waals surface area (Å²) >= 11 is 0. The molecule has 0 aliphatic carbocycles. The number of rotatable bonds is 4. The Labute approximate surface area is 63.1 Å². The molecule has 0 aromatic heterocycles. The largest absolute Gasteiger partial charge is 0.252 e. The zero-order valence-electron chi connectivity index (χ0n) is 7.29. The van der Waals surface area contributed by atoms with Crippen molar-refractivity contribution in [2.75, 3.05) is 0 Å². The minimum absolute atomic E-state index is 0.00926. The molecule has 2 unspecified atom stereocenters. The van der Waals surface area contributed by atoms with Gasteiger partial charge in [0.15, 0.2) is 0 Å². The summed E-state index contributed by atoms with van der Waals surface area (Å²) in [5.41, 5.74) is 0. The highest BCUT2D eigenvalue weighted by atomic mass is 17.1. The highest BCUT2D eigenvalue weighted by Crippen LogP contribution is 2.17. The molecule has 0 aliphatic heterocycles. The van der Waals surface area contributed by atoms with E-state index in [1.54, 1.807) is 0 Å². The van der Waals surface area contributed by atoms with Crippen molar-refractivity contribution in [1.29, 1.82) is 0 Å². The number of hydrogen-bond donors (Lipinski definition) is 1. The molecule has 0 saturated carbocycles. The third-order valence-corrected chi connectivity index (χ3v) is 1.98. The predicted octanol–water partition coefficient (Wildman–Crippen LogP) is 2.55. The van der Waals surface area contributed by atoms with Gasteiger partial charge >= 0.3 is 0 Å². The van der Waals surface area contributed by atoms with Crippen molar-refractivity contribution in [2.45, 2.75) is 40.2 Å². The first kappa shape index (κ1) is 9.92. The lowest BCUT2D eigenvalue weighted by Gasteiger charge is -2.22. The summed E-state index contributed by atoms with van der Waals surface area (Å²) in [4.78, 5) is 4.36. The predicted molar refractivity (Wildman–Crippen MR) is 41.8 cm³/mol. The van der Waals surface area contributed by atoms with E-state index >= 15 is 0 Å². The molecule has 0 saturated heterocycles.